The Balaban J connectivity index is 1.39. The molecule has 5 rings (SSSR count). The SMILES string of the molecule is COc1ccc(Cn2nnnc2CN(CCc2ccccc2)Cc2cc3cccc(C)c3[nH]c2=O)cc1. The minimum atomic E-state index is -0.0654. The summed E-state index contributed by atoms with van der Waals surface area (Å²) in [7, 11) is 1.65. The molecule has 3 aromatic carbocycles. The molecule has 0 atom stereocenters. The number of fused-ring (bicyclic) bond motifs is 1. The molecule has 0 radical (unpaired) electrons. The molecule has 0 aliphatic rings. The van der Waals surface area contributed by atoms with Gasteiger partial charge in [-0.1, -0.05) is 60.7 Å². The van der Waals surface area contributed by atoms with Crippen LogP contribution in [-0.4, -0.2) is 43.7 Å². The smallest absolute Gasteiger partial charge is 0.252 e. The minimum Gasteiger partial charge on any atom is -0.497 e. The predicted molar refractivity (Wildman–Crippen MR) is 143 cm³/mol. The quantitative estimate of drug-likeness (QED) is 0.314. The van der Waals surface area contributed by atoms with E-state index in [0.29, 0.717) is 19.6 Å². The number of pyridine rings is 1. The monoisotopic (exact) mass is 494 g/mol. The van der Waals surface area contributed by atoms with Crippen molar-refractivity contribution in [1.29, 1.82) is 0 Å². The molecule has 0 amide bonds. The highest BCUT2D eigenvalue weighted by atomic mass is 16.5. The Bertz CT molecular complexity index is 1530. The number of nitrogens with one attached hydrogen (secondary N) is 1. The van der Waals surface area contributed by atoms with E-state index in [-0.39, 0.29) is 5.56 Å². The lowest BCUT2D eigenvalue weighted by Gasteiger charge is -2.22. The molecule has 2 heterocycles. The summed E-state index contributed by atoms with van der Waals surface area (Å²) in [6.07, 6.45) is 0.853. The lowest BCUT2D eigenvalue weighted by atomic mass is 10.1. The van der Waals surface area contributed by atoms with Crippen molar-refractivity contribution in [2.24, 2.45) is 0 Å². The van der Waals surface area contributed by atoms with Crippen LogP contribution in [0.2, 0.25) is 0 Å². The number of tetrazole rings is 1. The van der Waals surface area contributed by atoms with Crippen molar-refractivity contribution < 1.29 is 4.74 Å². The number of hydrogen-bond acceptors (Lipinski definition) is 6. The molecule has 8 heteroatoms. The maximum Gasteiger partial charge on any atom is 0.252 e. The number of aryl methyl sites for hydroxylation is 1. The molecule has 0 spiro atoms. The number of hydrogen-bond donors (Lipinski definition) is 1. The summed E-state index contributed by atoms with van der Waals surface area (Å²) in [5.74, 6) is 1.56. The van der Waals surface area contributed by atoms with Gasteiger partial charge >= 0.3 is 0 Å². The second kappa shape index (κ2) is 11.2. The van der Waals surface area contributed by atoms with Gasteiger partial charge < -0.3 is 9.72 Å². The molecule has 2 aromatic heterocycles. The van der Waals surface area contributed by atoms with Gasteiger partial charge in [0.05, 0.1) is 25.7 Å². The maximum atomic E-state index is 13.0. The normalized spacial score (nSPS) is 11.3. The molecule has 0 bridgehead atoms. The number of aromatic nitrogens is 5. The average Bonchev–Trinajstić information content (AvgIpc) is 3.35. The number of methoxy groups -OCH3 is 1. The number of ether oxygens (including phenoxy) is 1. The summed E-state index contributed by atoms with van der Waals surface area (Å²) < 4.78 is 7.07. The molecular formula is C29H30N6O2. The van der Waals surface area contributed by atoms with Crippen molar-refractivity contribution >= 4 is 10.9 Å². The van der Waals surface area contributed by atoms with Crippen molar-refractivity contribution in [1.82, 2.24) is 30.1 Å². The van der Waals surface area contributed by atoms with Crippen LogP contribution < -0.4 is 10.3 Å². The fourth-order valence-electron chi connectivity index (χ4n) is 4.50. The van der Waals surface area contributed by atoms with Crippen LogP contribution in [-0.2, 0) is 26.1 Å². The van der Waals surface area contributed by atoms with Crippen LogP contribution in [0.4, 0.5) is 0 Å². The summed E-state index contributed by atoms with van der Waals surface area (Å²) >= 11 is 0. The molecule has 0 unspecified atom stereocenters. The second-order valence-corrected chi connectivity index (χ2v) is 9.21. The highest BCUT2D eigenvalue weighted by molar-refractivity contribution is 5.81. The third kappa shape index (κ3) is 5.92. The standard InChI is InChI=1S/C29H30N6O2/c1-21-7-6-10-24-17-25(29(36)30-28(21)24)19-34(16-15-22-8-4-3-5-9-22)20-27-31-32-33-35(27)18-23-11-13-26(37-2)14-12-23/h3-14,17H,15-16,18-20H2,1-2H3,(H,30,36). The van der Waals surface area contributed by atoms with E-state index in [2.05, 4.69) is 37.5 Å². The van der Waals surface area contributed by atoms with Crippen LogP contribution in [0, 0.1) is 6.92 Å². The number of para-hydroxylation sites is 1. The van der Waals surface area contributed by atoms with Crippen molar-refractivity contribution in [2.75, 3.05) is 13.7 Å². The lowest BCUT2D eigenvalue weighted by Crippen LogP contribution is -2.30. The zero-order valence-corrected chi connectivity index (χ0v) is 21.1. The van der Waals surface area contributed by atoms with E-state index in [4.69, 9.17) is 4.74 Å². The van der Waals surface area contributed by atoms with Crippen molar-refractivity contribution in [3.8, 4) is 5.75 Å². The predicted octanol–water partition coefficient (Wildman–Crippen LogP) is 4.12. The van der Waals surface area contributed by atoms with Crippen molar-refractivity contribution in [3.63, 3.8) is 0 Å². The first kappa shape index (κ1) is 24.4. The van der Waals surface area contributed by atoms with Crippen LogP contribution in [0.1, 0.15) is 28.1 Å². The van der Waals surface area contributed by atoms with Gasteiger partial charge in [-0.25, -0.2) is 4.68 Å². The number of aromatic amines is 1. The lowest BCUT2D eigenvalue weighted by molar-refractivity contribution is 0.248. The summed E-state index contributed by atoms with van der Waals surface area (Å²) in [6, 6.07) is 26.3. The number of rotatable bonds is 10. The molecule has 8 nitrogen and oxygen atoms in total. The van der Waals surface area contributed by atoms with Crippen LogP contribution in [0.3, 0.4) is 0 Å². The Hall–Kier alpha value is -4.30. The fraction of sp³-hybridized carbons (Fsp3) is 0.241. The van der Waals surface area contributed by atoms with Gasteiger partial charge in [0.25, 0.3) is 5.56 Å². The number of H-pyrrole nitrogens is 1. The summed E-state index contributed by atoms with van der Waals surface area (Å²) in [4.78, 5) is 18.3. The van der Waals surface area contributed by atoms with E-state index in [9.17, 15) is 4.79 Å². The Kier molecular flexibility index (Phi) is 7.37. The van der Waals surface area contributed by atoms with Gasteiger partial charge in [-0.2, -0.15) is 0 Å². The Morgan fingerprint density at radius 2 is 1.76 bits per heavy atom. The van der Waals surface area contributed by atoms with E-state index < -0.39 is 0 Å². The zero-order chi connectivity index (χ0) is 25.6. The second-order valence-electron chi connectivity index (χ2n) is 9.21. The van der Waals surface area contributed by atoms with Crippen molar-refractivity contribution in [2.45, 2.75) is 33.0 Å². The molecular weight excluding hydrogens is 464 g/mol. The number of nitrogens with zero attached hydrogens (tertiary/aromatic N) is 5. The van der Waals surface area contributed by atoms with Gasteiger partial charge in [0.15, 0.2) is 5.82 Å². The minimum absolute atomic E-state index is 0.0654. The van der Waals surface area contributed by atoms with Crippen LogP contribution >= 0.6 is 0 Å². The van der Waals surface area contributed by atoms with E-state index >= 15 is 0 Å². The van der Waals surface area contributed by atoms with Crippen LogP contribution in [0.25, 0.3) is 10.9 Å². The van der Waals surface area contributed by atoms with Gasteiger partial charge in [-0.15, -0.1) is 5.10 Å². The topological polar surface area (TPSA) is 88.9 Å². The fourth-order valence-corrected chi connectivity index (χ4v) is 4.50. The number of benzene rings is 3. The third-order valence-electron chi connectivity index (χ3n) is 6.58. The van der Waals surface area contributed by atoms with E-state index in [1.165, 1.54) is 5.56 Å². The first-order chi connectivity index (χ1) is 18.1. The highest BCUT2D eigenvalue weighted by Crippen LogP contribution is 2.17. The van der Waals surface area contributed by atoms with E-state index in [1.807, 2.05) is 78.3 Å². The molecule has 0 saturated heterocycles. The first-order valence-corrected chi connectivity index (χ1v) is 12.3. The summed E-state index contributed by atoms with van der Waals surface area (Å²) in [5.41, 5.74) is 4.92. The molecule has 0 aliphatic heterocycles. The van der Waals surface area contributed by atoms with Gasteiger partial charge in [0.1, 0.15) is 5.75 Å². The Morgan fingerprint density at radius 3 is 2.54 bits per heavy atom. The Labute approximate surface area is 215 Å². The zero-order valence-electron chi connectivity index (χ0n) is 21.1. The first-order valence-electron chi connectivity index (χ1n) is 12.3. The molecule has 0 aliphatic carbocycles. The molecule has 1 N–H and O–H groups in total. The van der Waals surface area contributed by atoms with E-state index in [1.54, 1.807) is 7.11 Å². The molecule has 0 saturated carbocycles. The van der Waals surface area contributed by atoms with Gasteiger partial charge in [-0.05, 0) is 64.0 Å². The molecule has 37 heavy (non-hydrogen) atoms. The largest absolute Gasteiger partial charge is 0.497 e. The van der Waals surface area contributed by atoms with Gasteiger partial charge in [0.2, 0.25) is 0 Å². The summed E-state index contributed by atoms with van der Waals surface area (Å²) in [6.45, 7) is 4.31. The van der Waals surface area contributed by atoms with Gasteiger partial charge in [0, 0.05) is 18.7 Å². The van der Waals surface area contributed by atoms with Crippen LogP contribution in [0.15, 0.2) is 83.7 Å². The van der Waals surface area contributed by atoms with E-state index in [0.717, 1.165) is 52.1 Å². The third-order valence-corrected chi connectivity index (χ3v) is 6.58. The Morgan fingerprint density at radius 1 is 0.946 bits per heavy atom. The average molecular weight is 495 g/mol. The molecule has 0 fully saturated rings. The highest BCUT2D eigenvalue weighted by Gasteiger charge is 2.16. The van der Waals surface area contributed by atoms with Gasteiger partial charge in [-0.3, -0.25) is 9.69 Å². The maximum absolute atomic E-state index is 13.0. The van der Waals surface area contributed by atoms with Crippen LogP contribution in [0.5, 0.6) is 5.75 Å². The molecule has 188 valence electrons. The van der Waals surface area contributed by atoms with Crippen molar-refractivity contribution in [3.05, 3.63) is 117 Å². The summed E-state index contributed by atoms with van der Waals surface area (Å²) in [5, 5.41) is 13.5. The molecule has 5 aromatic rings.